The van der Waals surface area contributed by atoms with E-state index in [0.717, 1.165) is 5.69 Å². The molecule has 0 atom stereocenters. The average molecular weight is 450 g/mol. The Balaban J connectivity index is 1.39. The van der Waals surface area contributed by atoms with Crippen LogP contribution in [0.5, 0.6) is 5.75 Å². The van der Waals surface area contributed by atoms with Gasteiger partial charge in [0.15, 0.2) is 5.82 Å². The van der Waals surface area contributed by atoms with Crippen LogP contribution < -0.4 is 20.7 Å². The number of benzene rings is 2. The van der Waals surface area contributed by atoms with E-state index in [4.69, 9.17) is 16.3 Å². The first-order valence-electron chi connectivity index (χ1n) is 9.64. The fourth-order valence-corrected chi connectivity index (χ4v) is 3.22. The summed E-state index contributed by atoms with van der Waals surface area (Å²) >= 11 is 6.09. The van der Waals surface area contributed by atoms with Gasteiger partial charge in [-0.15, -0.1) is 0 Å². The summed E-state index contributed by atoms with van der Waals surface area (Å²) < 4.78 is 6.78. The van der Waals surface area contributed by atoms with Gasteiger partial charge in [-0.3, -0.25) is 0 Å². The Labute approximate surface area is 189 Å². The summed E-state index contributed by atoms with van der Waals surface area (Å²) in [4.78, 5) is 21.1. The number of nitrogens with one attached hydrogen (secondary N) is 3. The highest BCUT2D eigenvalue weighted by molar-refractivity contribution is 6.32. The Morgan fingerprint density at radius 3 is 2.41 bits per heavy atom. The molecule has 0 saturated carbocycles. The van der Waals surface area contributed by atoms with Crippen LogP contribution in [0.2, 0.25) is 5.02 Å². The lowest BCUT2D eigenvalue weighted by atomic mass is 10.2. The fourth-order valence-electron chi connectivity index (χ4n) is 2.96. The number of aryl methyl sites for hydroxylation is 1. The number of methoxy groups -OCH3 is 1. The van der Waals surface area contributed by atoms with Gasteiger partial charge in [0.2, 0.25) is 0 Å². The van der Waals surface area contributed by atoms with E-state index < -0.39 is 0 Å². The van der Waals surface area contributed by atoms with Gasteiger partial charge in [0.05, 0.1) is 12.1 Å². The molecule has 2 heterocycles. The molecule has 2 amide bonds. The SMILES string of the molecule is COc1ccc(NC(=O)Nc2ccc(Nc3cc(-n4cccn4)nc(C)n3)cc2)cc1Cl. The summed E-state index contributed by atoms with van der Waals surface area (Å²) in [6.45, 7) is 1.82. The van der Waals surface area contributed by atoms with Crippen LogP contribution >= 0.6 is 11.6 Å². The highest BCUT2D eigenvalue weighted by Crippen LogP contribution is 2.27. The summed E-state index contributed by atoms with van der Waals surface area (Å²) in [7, 11) is 1.53. The van der Waals surface area contributed by atoms with E-state index in [1.165, 1.54) is 7.11 Å². The second-order valence-corrected chi connectivity index (χ2v) is 7.15. The number of anilines is 4. The van der Waals surface area contributed by atoms with Crippen molar-refractivity contribution >= 4 is 40.5 Å². The first-order valence-corrected chi connectivity index (χ1v) is 10.0. The molecule has 9 nitrogen and oxygen atoms in total. The van der Waals surface area contributed by atoms with Gasteiger partial charge in [-0.2, -0.15) is 5.10 Å². The third-order valence-corrected chi connectivity index (χ3v) is 4.68. The Kier molecular flexibility index (Phi) is 6.18. The van der Waals surface area contributed by atoms with Crippen molar-refractivity contribution in [3.63, 3.8) is 0 Å². The summed E-state index contributed by atoms with van der Waals surface area (Å²) in [5.41, 5.74) is 1.99. The van der Waals surface area contributed by atoms with Crippen molar-refractivity contribution in [2.24, 2.45) is 0 Å². The quantitative estimate of drug-likeness (QED) is 0.381. The van der Waals surface area contributed by atoms with Crippen LogP contribution in [0.1, 0.15) is 5.82 Å². The zero-order valence-electron chi connectivity index (χ0n) is 17.3. The zero-order valence-corrected chi connectivity index (χ0v) is 18.1. The van der Waals surface area contributed by atoms with Gasteiger partial charge in [0, 0.05) is 35.5 Å². The molecule has 0 aliphatic rings. The minimum atomic E-state index is -0.387. The predicted octanol–water partition coefficient (Wildman–Crippen LogP) is 5.02. The second kappa shape index (κ2) is 9.36. The van der Waals surface area contributed by atoms with E-state index in [0.29, 0.717) is 39.6 Å². The average Bonchev–Trinajstić information content (AvgIpc) is 3.30. The van der Waals surface area contributed by atoms with E-state index in [1.807, 2.05) is 31.3 Å². The lowest BCUT2D eigenvalue weighted by Gasteiger charge is -2.11. The number of urea groups is 1. The van der Waals surface area contributed by atoms with E-state index in [2.05, 4.69) is 31.0 Å². The van der Waals surface area contributed by atoms with Crippen molar-refractivity contribution in [2.45, 2.75) is 6.92 Å². The molecule has 4 rings (SSSR count). The Bertz CT molecular complexity index is 1230. The van der Waals surface area contributed by atoms with E-state index >= 15 is 0 Å². The monoisotopic (exact) mass is 449 g/mol. The molecule has 32 heavy (non-hydrogen) atoms. The molecule has 0 fully saturated rings. The normalized spacial score (nSPS) is 10.5. The molecule has 0 aliphatic carbocycles. The van der Waals surface area contributed by atoms with Crippen LogP contribution in [0.3, 0.4) is 0 Å². The number of nitrogens with zero attached hydrogens (tertiary/aromatic N) is 4. The first-order chi connectivity index (χ1) is 15.5. The highest BCUT2D eigenvalue weighted by Gasteiger charge is 2.08. The van der Waals surface area contributed by atoms with Crippen molar-refractivity contribution in [3.8, 4) is 11.6 Å². The van der Waals surface area contributed by atoms with Gasteiger partial charge in [0.1, 0.15) is 17.4 Å². The summed E-state index contributed by atoms with van der Waals surface area (Å²) in [6, 6.07) is 15.5. The number of hydrogen-bond acceptors (Lipinski definition) is 6. The summed E-state index contributed by atoms with van der Waals surface area (Å²) in [5, 5.41) is 13.4. The molecule has 0 radical (unpaired) electrons. The number of amides is 2. The number of aromatic nitrogens is 4. The number of rotatable bonds is 6. The third kappa shape index (κ3) is 5.13. The van der Waals surface area contributed by atoms with Gasteiger partial charge in [-0.05, 0) is 55.5 Å². The lowest BCUT2D eigenvalue weighted by Crippen LogP contribution is -2.19. The van der Waals surface area contributed by atoms with Crippen molar-refractivity contribution in [2.75, 3.05) is 23.1 Å². The van der Waals surface area contributed by atoms with Crippen molar-refractivity contribution in [1.82, 2.24) is 19.7 Å². The summed E-state index contributed by atoms with van der Waals surface area (Å²) in [6.07, 6.45) is 3.51. The van der Waals surface area contributed by atoms with Crippen LogP contribution in [-0.4, -0.2) is 32.9 Å². The molecule has 4 aromatic rings. The topological polar surface area (TPSA) is 106 Å². The van der Waals surface area contributed by atoms with Gasteiger partial charge >= 0.3 is 6.03 Å². The molecule has 2 aromatic heterocycles. The van der Waals surface area contributed by atoms with Crippen LogP contribution in [0.25, 0.3) is 5.82 Å². The van der Waals surface area contributed by atoms with Gasteiger partial charge in [-0.1, -0.05) is 11.6 Å². The number of ether oxygens (including phenoxy) is 1. The molecule has 10 heteroatoms. The van der Waals surface area contributed by atoms with Crippen LogP contribution in [0.4, 0.5) is 27.7 Å². The number of carbonyl (C=O) groups excluding carboxylic acids is 1. The van der Waals surface area contributed by atoms with Crippen LogP contribution in [0, 0.1) is 6.92 Å². The number of halogens is 1. The van der Waals surface area contributed by atoms with Crippen molar-refractivity contribution < 1.29 is 9.53 Å². The maximum Gasteiger partial charge on any atom is 0.323 e. The van der Waals surface area contributed by atoms with Crippen LogP contribution in [-0.2, 0) is 0 Å². The molecule has 3 N–H and O–H groups in total. The predicted molar refractivity (Wildman–Crippen MR) is 124 cm³/mol. The number of carbonyl (C=O) groups is 1. The molecule has 0 spiro atoms. The molecule has 162 valence electrons. The second-order valence-electron chi connectivity index (χ2n) is 6.74. The van der Waals surface area contributed by atoms with E-state index in [1.54, 1.807) is 47.3 Å². The minimum Gasteiger partial charge on any atom is -0.495 e. The molecular weight excluding hydrogens is 430 g/mol. The summed E-state index contributed by atoms with van der Waals surface area (Å²) in [5.74, 6) is 2.46. The van der Waals surface area contributed by atoms with Crippen molar-refractivity contribution in [1.29, 1.82) is 0 Å². The molecule has 0 saturated heterocycles. The molecule has 0 bridgehead atoms. The van der Waals surface area contributed by atoms with Gasteiger partial charge < -0.3 is 20.7 Å². The zero-order chi connectivity index (χ0) is 22.5. The fraction of sp³-hybridized carbons (Fsp3) is 0.0909. The first kappa shape index (κ1) is 21.1. The lowest BCUT2D eigenvalue weighted by molar-refractivity contribution is 0.262. The van der Waals surface area contributed by atoms with Crippen LogP contribution in [0.15, 0.2) is 67.0 Å². The largest absolute Gasteiger partial charge is 0.495 e. The Morgan fingerprint density at radius 1 is 1.00 bits per heavy atom. The maximum absolute atomic E-state index is 12.3. The Morgan fingerprint density at radius 2 is 1.72 bits per heavy atom. The highest BCUT2D eigenvalue weighted by atomic mass is 35.5. The van der Waals surface area contributed by atoms with E-state index in [9.17, 15) is 4.79 Å². The number of hydrogen-bond donors (Lipinski definition) is 3. The molecule has 0 unspecified atom stereocenters. The molecule has 0 aliphatic heterocycles. The maximum atomic E-state index is 12.3. The van der Waals surface area contributed by atoms with Crippen molar-refractivity contribution in [3.05, 3.63) is 77.8 Å². The smallest absolute Gasteiger partial charge is 0.323 e. The van der Waals surface area contributed by atoms with E-state index in [-0.39, 0.29) is 6.03 Å². The molecular formula is C22H20ClN7O2. The van der Waals surface area contributed by atoms with Gasteiger partial charge in [0.25, 0.3) is 0 Å². The minimum absolute atomic E-state index is 0.387. The third-order valence-electron chi connectivity index (χ3n) is 4.39. The van der Waals surface area contributed by atoms with Gasteiger partial charge in [-0.25, -0.2) is 19.4 Å². The standard InChI is InChI=1S/C22H20ClN7O2/c1-14-25-20(13-21(26-14)30-11-3-10-24-30)27-15-4-6-16(7-5-15)28-22(31)29-17-8-9-19(32-2)18(23)12-17/h3-13H,1-2H3,(H,25,26,27)(H2,28,29,31). The molecule has 2 aromatic carbocycles. The Hall–Kier alpha value is -4.11.